The molecule has 5 heteroatoms. The zero-order chi connectivity index (χ0) is 14.0. The molecular formula is C13H24N2O3. The molecule has 0 unspecified atom stereocenters. The lowest BCUT2D eigenvalue weighted by Gasteiger charge is -2.18. The van der Waals surface area contributed by atoms with E-state index in [0.717, 1.165) is 19.3 Å². The predicted octanol–water partition coefficient (Wildman–Crippen LogP) is 1.13. The molecule has 0 spiro atoms. The lowest BCUT2D eigenvalue weighted by molar-refractivity contribution is -0.145. The maximum atomic E-state index is 11.8. The molecule has 3 N–H and O–H groups in total. The van der Waals surface area contributed by atoms with Gasteiger partial charge in [0.05, 0.1) is 13.2 Å². The van der Waals surface area contributed by atoms with Crippen molar-refractivity contribution in [3.8, 4) is 0 Å². The fourth-order valence-corrected chi connectivity index (χ4v) is 1.55. The van der Waals surface area contributed by atoms with Crippen LogP contribution in [0, 0.1) is 0 Å². The van der Waals surface area contributed by atoms with Crippen LogP contribution in [0.3, 0.4) is 0 Å². The summed E-state index contributed by atoms with van der Waals surface area (Å²) >= 11 is 0. The molecule has 0 rings (SSSR count). The van der Waals surface area contributed by atoms with Crippen molar-refractivity contribution in [1.82, 2.24) is 5.32 Å². The van der Waals surface area contributed by atoms with Crippen LogP contribution in [0.2, 0.25) is 0 Å². The topological polar surface area (TPSA) is 81.4 Å². The SMILES string of the molecule is C=CC[C@H](NC(=O)[C@H](N)CCCCC)C(=O)OC. The molecule has 0 aromatic carbocycles. The Labute approximate surface area is 109 Å². The Morgan fingerprint density at radius 1 is 1.44 bits per heavy atom. The summed E-state index contributed by atoms with van der Waals surface area (Å²) in [6.45, 7) is 5.63. The van der Waals surface area contributed by atoms with E-state index in [4.69, 9.17) is 5.73 Å². The van der Waals surface area contributed by atoms with Crippen LogP contribution in [0.25, 0.3) is 0 Å². The fourth-order valence-electron chi connectivity index (χ4n) is 1.55. The molecule has 0 saturated heterocycles. The van der Waals surface area contributed by atoms with Gasteiger partial charge in [0.25, 0.3) is 0 Å². The number of unbranched alkanes of at least 4 members (excludes halogenated alkanes) is 2. The van der Waals surface area contributed by atoms with Crippen LogP contribution in [0.15, 0.2) is 12.7 Å². The van der Waals surface area contributed by atoms with E-state index in [-0.39, 0.29) is 5.91 Å². The van der Waals surface area contributed by atoms with Gasteiger partial charge >= 0.3 is 5.97 Å². The van der Waals surface area contributed by atoms with Gasteiger partial charge in [0.15, 0.2) is 0 Å². The van der Waals surface area contributed by atoms with Gasteiger partial charge in [-0.05, 0) is 12.8 Å². The van der Waals surface area contributed by atoms with E-state index in [1.807, 2.05) is 0 Å². The van der Waals surface area contributed by atoms with Gasteiger partial charge in [-0.2, -0.15) is 0 Å². The van der Waals surface area contributed by atoms with Crippen molar-refractivity contribution in [1.29, 1.82) is 0 Å². The number of ether oxygens (including phenoxy) is 1. The first-order chi connectivity index (χ1) is 8.56. The van der Waals surface area contributed by atoms with Crippen molar-refractivity contribution in [2.45, 2.75) is 51.1 Å². The summed E-state index contributed by atoms with van der Waals surface area (Å²) in [5, 5.41) is 2.59. The Bertz CT molecular complexity index is 279. The third-order valence-electron chi connectivity index (χ3n) is 2.66. The second kappa shape index (κ2) is 9.65. The number of amides is 1. The summed E-state index contributed by atoms with van der Waals surface area (Å²) in [6, 6.07) is -1.27. The number of carbonyl (C=O) groups is 2. The molecule has 0 saturated carbocycles. The molecule has 0 aromatic rings. The Kier molecular flexibility index (Phi) is 8.92. The van der Waals surface area contributed by atoms with Crippen molar-refractivity contribution in [2.24, 2.45) is 5.73 Å². The largest absolute Gasteiger partial charge is 0.467 e. The molecule has 0 aromatic heterocycles. The van der Waals surface area contributed by atoms with Crippen molar-refractivity contribution in [2.75, 3.05) is 7.11 Å². The number of carbonyl (C=O) groups excluding carboxylic acids is 2. The summed E-state index contributed by atoms with van der Waals surface area (Å²) in [5.41, 5.74) is 5.75. The predicted molar refractivity (Wildman–Crippen MR) is 70.9 cm³/mol. The number of esters is 1. The van der Waals surface area contributed by atoms with Gasteiger partial charge in [-0.25, -0.2) is 4.79 Å². The van der Waals surface area contributed by atoms with Crippen LogP contribution in [0.5, 0.6) is 0 Å². The van der Waals surface area contributed by atoms with Gasteiger partial charge in [-0.3, -0.25) is 4.79 Å². The molecule has 1 amide bonds. The van der Waals surface area contributed by atoms with Crippen LogP contribution in [-0.4, -0.2) is 31.1 Å². The van der Waals surface area contributed by atoms with E-state index in [1.54, 1.807) is 6.08 Å². The third kappa shape index (κ3) is 6.39. The minimum atomic E-state index is -0.697. The van der Waals surface area contributed by atoms with Crippen LogP contribution in [0.4, 0.5) is 0 Å². The summed E-state index contributed by atoms with van der Waals surface area (Å²) in [6.07, 6.45) is 5.56. The lowest BCUT2D eigenvalue weighted by atomic mass is 10.1. The van der Waals surface area contributed by atoms with Crippen LogP contribution < -0.4 is 11.1 Å². The number of hydrogen-bond donors (Lipinski definition) is 2. The van der Waals surface area contributed by atoms with Crippen molar-refractivity contribution >= 4 is 11.9 Å². The highest BCUT2D eigenvalue weighted by Gasteiger charge is 2.22. The first kappa shape index (κ1) is 16.6. The quantitative estimate of drug-likeness (QED) is 0.368. The van der Waals surface area contributed by atoms with Crippen LogP contribution in [0.1, 0.15) is 39.0 Å². The second-order valence-corrected chi connectivity index (χ2v) is 4.21. The van der Waals surface area contributed by atoms with E-state index in [9.17, 15) is 9.59 Å². The molecule has 0 radical (unpaired) electrons. The van der Waals surface area contributed by atoms with E-state index in [1.165, 1.54) is 7.11 Å². The molecule has 0 fully saturated rings. The van der Waals surface area contributed by atoms with Gasteiger partial charge < -0.3 is 15.8 Å². The number of hydrogen-bond acceptors (Lipinski definition) is 4. The molecule has 0 heterocycles. The molecule has 0 aliphatic rings. The van der Waals surface area contributed by atoms with E-state index < -0.39 is 18.1 Å². The zero-order valence-electron chi connectivity index (χ0n) is 11.3. The van der Waals surface area contributed by atoms with Gasteiger partial charge in [0.2, 0.25) is 5.91 Å². The Balaban J connectivity index is 4.22. The van der Waals surface area contributed by atoms with Gasteiger partial charge in [0, 0.05) is 0 Å². The highest BCUT2D eigenvalue weighted by Crippen LogP contribution is 2.03. The van der Waals surface area contributed by atoms with Gasteiger partial charge in [0.1, 0.15) is 6.04 Å². The number of methoxy groups -OCH3 is 1. The average Bonchev–Trinajstić information content (AvgIpc) is 2.37. The lowest BCUT2D eigenvalue weighted by Crippen LogP contribution is -2.48. The Morgan fingerprint density at radius 2 is 2.11 bits per heavy atom. The van der Waals surface area contributed by atoms with Crippen molar-refractivity contribution in [3.05, 3.63) is 12.7 Å². The van der Waals surface area contributed by atoms with E-state index in [0.29, 0.717) is 12.8 Å². The highest BCUT2D eigenvalue weighted by molar-refractivity contribution is 5.87. The smallest absolute Gasteiger partial charge is 0.328 e. The maximum Gasteiger partial charge on any atom is 0.328 e. The van der Waals surface area contributed by atoms with Crippen molar-refractivity contribution < 1.29 is 14.3 Å². The number of nitrogens with one attached hydrogen (secondary N) is 1. The third-order valence-corrected chi connectivity index (χ3v) is 2.66. The summed E-state index contributed by atoms with van der Waals surface area (Å²) in [5.74, 6) is -0.799. The monoisotopic (exact) mass is 256 g/mol. The average molecular weight is 256 g/mol. The molecule has 104 valence electrons. The molecule has 5 nitrogen and oxygen atoms in total. The van der Waals surface area contributed by atoms with E-state index in [2.05, 4.69) is 23.6 Å². The molecule has 0 aliphatic heterocycles. The molecule has 0 aliphatic carbocycles. The zero-order valence-corrected chi connectivity index (χ0v) is 11.3. The summed E-state index contributed by atoms with van der Waals surface area (Å²) in [4.78, 5) is 23.2. The number of rotatable bonds is 9. The van der Waals surface area contributed by atoms with Gasteiger partial charge in [-0.1, -0.05) is 32.3 Å². The first-order valence-corrected chi connectivity index (χ1v) is 6.31. The van der Waals surface area contributed by atoms with Crippen LogP contribution in [-0.2, 0) is 14.3 Å². The second-order valence-electron chi connectivity index (χ2n) is 4.21. The minimum Gasteiger partial charge on any atom is -0.467 e. The standard InChI is InChI=1S/C13H24N2O3/c1-4-6-7-9-10(14)12(16)15-11(8-5-2)13(17)18-3/h5,10-11H,2,4,6-9,14H2,1,3H3,(H,15,16)/t10-,11+/m1/s1. The highest BCUT2D eigenvalue weighted by atomic mass is 16.5. The fraction of sp³-hybridized carbons (Fsp3) is 0.692. The first-order valence-electron chi connectivity index (χ1n) is 6.31. The molecule has 18 heavy (non-hydrogen) atoms. The van der Waals surface area contributed by atoms with Crippen molar-refractivity contribution in [3.63, 3.8) is 0 Å². The number of nitrogens with two attached hydrogens (primary N) is 1. The molecular weight excluding hydrogens is 232 g/mol. The Hall–Kier alpha value is -1.36. The van der Waals surface area contributed by atoms with Crippen LogP contribution >= 0.6 is 0 Å². The molecule has 2 atom stereocenters. The normalized spacial score (nSPS) is 13.5. The minimum absolute atomic E-state index is 0.316. The summed E-state index contributed by atoms with van der Waals surface area (Å²) < 4.78 is 4.60. The van der Waals surface area contributed by atoms with E-state index >= 15 is 0 Å². The van der Waals surface area contributed by atoms with Gasteiger partial charge in [-0.15, -0.1) is 6.58 Å². The summed E-state index contributed by atoms with van der Waals surface area (Å²) in [7, 11) is 1.28. The maximum absolute atomic E-state index is 11.8. The Morgan fingerprint density at radius 3 is 2.61 bits per heavy atom. The molecule has 0 bridgehead atoms.